The molecule has 2 unspecified atom stereocenters. The number of H-pyrrole nitrogens is 1. The smallest absolute Gasteiger partial charge is 0.111 e. The van der Waals surface area contributed by atoms with Crippen LogP contribution in [0.1, 0.15) is 81.3 Å². The van der Waals surface area contributed by atoms with Gasteiger partial charge in [0.2, 0.25) is 0 Å². The monoisotopic (exact) mass is 288 g/mol. The molecule has 116 valence electrons. The summed E-state index contributed by atoms with van der Waals surface area (Å²) in [5, 5.41) is 0. The molecule has 0 spiro atoms. The second kappa shape index (κ2) is 6.46. The lowest BCUT2D eigenvalue weighted by atomic mass is 9.95. The van der Waals surface area contributed by atoms with E-state index in [9.17, 15) is 0 Å². The van der Waals surface area contributed by atoms with Crippen LogP contribution in [0, 0.1) is 6.92 Å². The number of nitrogens with one attached hydrogen (secondary N) is 1. The normalized spacial score (nSPS) is 14.6. The highest BCUT2D eigenvalue weighted by atomic mass is 15.1. The number of aryl methyl sites for hydroxylation is 1. The number of aromatic nitrogens is 4. The van der Waals surface area contributed by atoms with Gasteiger partial charge in [-0.3, -0.25) is 0 Å². The zero-order chi connectivity index (χ0) is 15.6. The standard InChI is InChI=1S/C17H28N4/c1-11(2)16-10-19-17(21(16)6)13(4)8-7-12(3)15-9-18-14(5)20-15/h9-13H,7-8H2,1-6H3,(H,18,20). The Bertz CT molecular complexity index is 579. The zero-order valence-electron chi connectivity index (χ0n) is 14.1. The van der Waals surface area contributed by atoms with Gasteiger partial charge in [-0.2, -0.15) is 0 Å². The molecule has 2 rings (SSSR count). The second-order valence-electron chi connectivity index (χ2n) is 6.56. The van der Waals surface area contributed by atoms with Crippen molar-refractivity contribution in [1.29, 1.82) is 0 Å². The summed E-state index contributed by atoms with van der Waals surface area (Å²) in [5.41, 5.74) is 2.55. The van der Waals surface area contributed by atoms with Crippen molar-refractivity contribution >= 4 is 0 Å². The molecule has 0 aliphatic rings. The Balaban J connectivity index is 1.97. The van der Waals surface area contributed by atoms with Gasteiger partial charge in [0.05, 0.1) is 0 Å². The van der Waals surface area contributed by atoms with Crippen molar-refractivity contribution in [2.75, 3.05) is 0 Å². The SMILES string of the molecule is Cc1ncc(C(C)CCC(C)c2ncc(C(C)C)n2C)[nH]1. The molecule has 4 heteroatoms. The first kappa shape index (κ1) is 15.8. The molecular weight excluding hydrogens is 260 g/mol. The third-order valence-electron chi connectivity index (χ3n) is 4.38. The van der Waals surface area contributed by atoms with Crippen LogP contribution in [0.2, 0.25) is 0 Å². The molecule has 21 heavy (non-hydrogen) atoms. The van der Waals surface area contributed by atoms with Crippen LogP contribution in [-0.2, 0) is 7.05 Å². The molecule has 2 atom stereocenters. The van der Waals surface area contributed by atoms with Gasteiger partial charge in [0.15, 0.2) is 0 Å². The van der Waals surface area contributed by atoms with Crippen LogP contribution in [0.25, 0.3) is 0 Å². The Morgan fingerprint density at radius 1 is 1.05 bits per heavy atom. The predicted molar refractivity (Wildman–Crippen MR) is 86.7 cm³/mol. The van der Waals surface area contributed by atoms with E-state index in [-0.39, 0.29) is 0 Å². The Labute approximate surface area is 128 Å². The van der Waals surface area contributed by atoms with Gasteiger partial charge in [-0.15, -0.1) is 0 Å². The number of nitrogens with zero attached hydrogens (tertiary/aromatic N) is 3. The average Bonchev–Trinajstić information content (AvgIpc) is 3.01. The minimum absolute atomic E-state index is 0.481. The highest BCUT2D eigenvalue weighted by Crippen LogP contribution is 2.27. The number of rotatable bonds is 6. The minimum Gasteiger partial charge on any atom is -0.346 e. The second-order valence-corrected chi connectivity index (χ2v) is 6.56. The summed E-state index contributed by atoms with van der Waals surface area (Å²) in [4.78, 5) is 12.3. The molecule has 0 aliphatic carbocycles. The largest absolute Gasteiger partial charge is 0.346 e. The quantitative estimate of drug-likeness (QED) is 0.863. The molecule has 0 saturated heterocycles. The van der Waals surface area contributed by atoms with Crippen LogP contribution in [0.4, 0.5) is 0 Å². The Morgan fingerprint density at radius 2 is 1.71 bits per heavy atom. The lowest BCUT2D eigenvalue weighted by Crippen LogP contribution is -2.08. The molecule has 0 bridgehead atoms. The topological polar surface area (TPSA) is 46.5 Å². The molecule has 2 heterocycles. The zero-order valence-corrected chi connectivity index (χ0v) is 14.1. The fourth-order valence-electron chi connectivity index (χ4n) is 2.91. The summed E-state index contributed by atoms with van der Waals surface area (Å²) in [6.07, 6.45) is 6.27. The summed E-state index contributed by atoms with van der Waals surface area (Å²) < 4.78 is 2.26. The van der Waals surface area contributed by atoms with Gasteiger partial charge in [0.25, 0.3) is 0 Å². The van der Waals surface area contributed by atoms with Gasteiger partial charge in [0, 0.05) is 36.7 Å². The first-order chi connectivity index (χ1) is 9.90. The van der Waals surface area contributed by atoms with Gasteiger partial charge < -0.3 is 9.55 Å². The predicted octanol–water partition coefficient (Wildman–Crippen LogP) is 4.26. The average molecular weight is 288 g/mol. The fourth-order valence-corrected chi connectivity index (χ4v) is 2.91. The minimum atomic E-state index is 0.481. The number of hydrogen-bond donors (Lipinski definition) is 1. The van der Waals surface area contributed by atoms with E-state index in [0.717, 1.165) is 18.7 Å². The highest BCUT2D eigenvalue weighted by Gasteiger charge is 2.17. The van der Waals surface area contributed by atoms with Gasteiger partial charge in [-0.05, 0) is 31.6 Å². The number of aromatic amines is 1. The molecular formula is C17H28N4. The molecule has 0 saturated carbocycles. The summed E-state index contributed by atoms with van der Waals surface area (Å²) in [7, 11) is 2.13. The van der Waals surface area contributed by atoms with E-state index in [1.807, 2.05) is 19.3 Å². The first-order valence-corrected chi connectivity index (χ1v) is 7.93. The maximum atomic E-state index is 4.63. The van der Waals surface area contributed by atoms with Crippen molar-refractivity contribution in [2.24, 2.45) is 7.05 Å². The molecule has 2 aromatic heterocycles. The molecule has 2 aromatic rings. The van der Waals surface area contributed by atoms with Crippen LogP contribution >= 0.6 is 0 Å². The molecule has 0 aromatic carbocycles. The van der Waals surface area contributed by atoms with Crippen molar-refractivity contribution < 1.29 is 0 Å². The number of imidazole rings is 2. The molecule has 0 fully saturated rings. The summed E-state index contributed by atoms with van der Waals surface area (Å²) in [6, 6.07) is 0. The van der Waals surface area contributed by atoms with Gasteiger partial charge in [-0.25, -0.2) is 9.97 Å². The first-order valence-electron chi connectivity index (χ1n) is 7.93. The number of hydrogen-bond acceptors (Lipinski definition) is 2. The van der Waals surface area contributed by atoms with Crippen molar-refractivity contribution in [3.63, 3.8) is 0 Å². The molecule has 0 aliphatic heterocycles. The molecule has 0 radical (unpaired) electrons. The molecule has 0 amide bonds. The third-order valence-corrected chi connectivity index (χ3v) is 4.38. The van der Waals surface area contributed by atoms with E-state index in [1.54, 1.807) is 0 Å². The van der Waals surface area contributed by atoms with E-state index < -0.39 is 0 Å². The van der Waals surface area contributed by atoms with Gasteiger partial charge >= 0.3 is 0 Å². The van der Waals surface area contributed by atoms with Crippen molar-refractivity contribution in [3.05, 3.63) is 35.4 Å². The van der Waals surface area contributed by atoms with E-state index in [4.69, 9.17) is 0 Å². The Hall–Kier alpha value is -1.58. The van der Waals surface area contributed by atoms with E-state index >= 15 is 0 Å². The lowest BCUT2D eigenvalue weighted by molar-refractivity contribution is 0.533. The van der Waals surface area contributed by atoms with E-state index in [1.165, 1.54) is 17.2 Å². The van der Waals surface area contributed by atoms with Crippen molar-refractivity contribution in [3.8, 4) is 0 Å². The summed E-state index contributed by atoms with van der Waals surface area (Å²) in [5.74, 6) is 3.71. The maximum Gasteiger partial charge on any atom is 0.111 e. The van der Waals surface area contributed by atoms with E-state index in [0.29, 0.717) is 17.8 Å². The van der Waals surface area contributed by atoms with Gasteiger partial charge in [-0.1, -0.05) is 27.7 Å². The highest BCUT2D eigenvalue weighted by molar-refractivity contribution is 5.12. The maximum absolute atomic E-state index is 4.63. The summed E-state index contributed by atoms with van der Waals surface area (Å²) >= 11 is 0. The van der Waals surface area contributed by atoms with Gasteiger partial charge in [0.1, 0.15) is 11.6 Å². The van der Waals surface area contributed by atoms with Crippen LogP contribution in [0.15, 0.2) is 12.4 Å². The summed E-state index contributed by atoms with van der Waals surface area (Å²) in [6.45, 7) is 11.0. The third kappa shape index (κ3) is 3.55. The Kier molecular flexibility index (Phi) is 4.86. The van der Waals surface area contributed by atoms with E-state index in [2.05, 4.69) is 54.3 Å². The van der Waals surface area contributed by atoms with Crippen LogP contribution in [0.3, 0.4) is 0 Å². The van der Waals surface area contributed by atoms with Crippen LogP contribution < -0.4 is 0 Å². The molecule has 4 nitrogen and oxygen atoms in total. The Morgan fingerprint density at radius 3 is 2.24 bits per heavy atom. The fraction of sp³-hybridized carbons (Fsp3) is 0.647. The van der Waals surface area contributed by atoms with Crippen LogP contribution in [-0.4, -0.2) is 19.5 Å². The van der Waals surface area contributed by atoms with Crippen molar-refractivity contribution in [2.45, 2.75) is 65.2 Å². The van der Waals surface area contributed by atoms with Crippen LogP contribution in [0.5, 0.6) is 0 Å². The lowest BCUT2D eigenvalue weighted by Gasteiger charge is -2.16. The van der Waals surface area contributed by atoms with Crippen molar-refractivity contribution in [1.82, 2.24) is 19.5 Å². The molecule has 1 N–H and O–H groups in total.